The number of amides is 1. The summed E-state index contributed by atoms with van der Waals surface area (Å²) in [6.45, 7) is 5.73. The topological polar surface area (TPSA) is 33.5 Å². The molecule has 2 fully saturated rings. The molecule has 1 aliphatic carbocycles. The van der Waals surface area contributed by atoms with E-state index in [0.717, 1.165) is 29.3 Å². The van der Waals surface area contributed by atoms with Gasteiger partial charge in [0.1, 0.15) is 0 Å². The Morgan fingerprint density at radius 2 is 1.96 bits per heavy atom. The highest BCUT2D eigenvalue weighted by atomic mass is 35.5. The molecule has 1 aliphatic heterocycles. The number of carbonyl (C=O) groups is 1. The second kappa shape index (κ2) is 7.23. The van der Waals surface area contributed by atoms with Crippen LogP contribution < -0.4 is 10.2 Å². The molecule has 126 valence electrons. The fourth-order valence-corrected chi connectivity index (χ4v) is 4.92. The fourth-order valence-electron chi connectivity index (χ4n) is 4.55. The minimum Gasteiger partial charge on any atom is -0.324 e. The van der Waals surface area contributed by atoms with Crippen molar-refractivity contribution in [3.63, 3.8) is 0 Å². The van der Waals surface area contributed by atoms with Crippen molar-refractivity contribution in [1.82, 2.24) is 0 Å². The van der Waals surface area contributed by atoms with Gasteiger partial charge in [0.2, 0.25) is 0 Å². The second-order valence-electron chi connectivity index (χ2n) is 7.37. The summed E-state index contributed by atoms with van der Waals surface area (Å²) in [5.41, 5.74) is 2.93. The Balaban J connectivity index is 1.65. The van der Waals surface area contributed by atoms with Crippen LogP contribution in [-0.2, 0) is 4.79 Å². The van der Waals surface area contributed by atoms with Crippen LogP contribution in [0.1, 0.15) is 49.7 Å². The lowest BCUT2D eigenvalue weighted by atomic mass is 9.78. The number of anilines is 1. The largest absolute Gasteiger partial charge is 0.324 e. The summed E-state index contributed by atoms with van der Waals surface area (Å²) in [7, 11) is 0. The van der Waals surface area contributed by atoms with E-state index in [1.54, 1.807) is 0 Å². The third-order valence-electron chi connectivity index (χ3n) is 5.59. The molecule has 1 unspecified atom stereocenters. The molecule has 23 heavy (non-hydrogen) atoms. The molecule has 0 aromatic heterocycles. The second-order valence-corrected chi connectivity index (χ2v) is 7.77. The van der Waals surface area contributed by atoms with Crippen molar-refractivity contribution in [2.75, 3.05) is 18.4 Å². The van der Waals surface area contributed by atoms with Gasteiger partial charge in [-0.3, -0.25) is 4.79 Å². The van der Waals surface area contributed by atoms with E-state index in [1.165, 1.54) is 43.4 Å². The summed E-state index contributed by atoms with van der Waals surface area (Å²) in [6.07, 6.45) is 7.97. The van der Waals surface area contributed by atoms with Crippen molar-refractivity contribution in [3.8, 4) is 0 Å². The summed E-state index contributed by atoms with van der Waals surface area (Å²) in [5.74, 6) is 0.935. The van der Waals surface area contributed by atoms with Crippen LogP contribution in [0.3, 0.4) is 0 Å². The third kappa shape index (κ3) is 3.89. The summed E-state index contributed by atoms with van der Waals surface area (Å²) >= 11 is 6.31. The quantitative estimate of drug-likeness (QED) is 0.874. The number of hydrogen-bond acceptors (Lipinski definition) is 1. The van der Waals surface area contributed by atoms with Gasteiger partial charge in [0.05, 0.1) is 23.3 Å². The summed E-state index contributed by atoms with van der Waals surface area (Å²) < 4.78 is 0. The Bertz CT molecular complexity index is 562. The number of nitrogens with one attached hydrogen (secondary N) is 2. The first-order valence-corrected chi connectivity index (χ1v) is 9.33. The highest BCUT2D eigenvalue weighted by Gasteiger charge is 2.37. The van der Waals surface area contributed by atoms with Crippen LogP contribution in [0.15, 0.2) is 12.1 Å². The predicted octanol–water partition coefficient (Wildman–Crippen LogP) is 3.13. The number of aryl methyl sites for hydroxylation is 2. The standard InChI is InChI=1S/C19H27ClN2O/c1-13-10-14(2)19(16(20)11-13)21-18(23)12-22-9-5-7-15-6-3-4-8-17(15)22/h10-11,15,17H,3-9,12H2,1-2H3,(H,21,23)/p+1/t15-,17+/m1/s1. The number of carbonyl (C=O) groups excluding carboxylic acids is 1. The van der Waals surface area contributed by atoms with Crippen molar-refractivity contribution < 1.29 is 9.69 Å². The van der Waals surface area contributed by atoms with E-state index >= 15 is 0 Å². The minimum absolute atomic E-state index is 0.0973. The summed E-state index contributed by atoms with van der Waals surface area (Å²) in [6, 6.07) is 4.67. The number of quaternary nitrogens is 1. The first-order valence-electron chi connectivity index (χ1n) is 8.96. The van der Waals surface area contributed by atoms with Gasteiger partial charge in [-0.15, -0.1) is 0 Å². The number of halogens is 1. The van der Waals surface area contributed by atoms with Gasteiger partial charge in [-0.1, -0.05) is 24.1 Å². The molecule has 2 N–H and O–H groups in total. The lowest BCUT2D eigenvalue weighted by Crippen LogP contribution is -3.18. The van der Waals surface area contributed by atoms with Gasteiger partial charge in [0.15, 0.2) is 6.54 Å². The van der Waals surface area contributed by atoms with E-state index < -0.39 is 0 Å². The lowest BCUT2D eigenvalue weighted by molar-refractivity contribution is -0.928. The van der Waals surface area contributed by atoms with Crippen LogP contribution in [0.25, 0.3) is 0 Å². The molecule has 0 bridgehead atoms. The number of hydrogen-bond donors (Lipinski definition) is 2. The monoisotopic (exact) mass is 335 g/mol. The SMILES string of the molecule is Cc1cc(C)c(NC(=O)C[NH+]2CCC[C@H]3CCCC[C@@H]32)c(Cl)c1. The molecule has 1 aromatic carbocycles. The molecular weight excluding hydrogens is 308 g/mol. The first-order chi connectivity index (χ1) is 11.0. The van der Waals surface area contributed by atoms with E-state index in [4.69, 9.17) is 11.6 Å². The molecule has 3 atom stereocenters. The van der Waals surface area contributed by atoms with E-state index in [-0.39, 0.29) is 5.91 Å². The molecule has 1 amide bonds. The molecule has 3 rings (SSSR count). The van der Waals surface area contributed by atoms with Crippen molar-refractivity contribution in [2.45, 2.75) is 58.4 Å². The molecule has 2 aliphatic rings. The zero-order chi connectivity index (χ0) is 16.4. The highest BCUT2D eigenvalue weighted by molar-refractivity contribution is 6.34. The van der Waals surface area contributed by atoms with Gasteiger partial charge >= 0.3 is 0 Å². The Hall–Kier alpha value is -1.06. The van der Waals surface area contributed by atoms with Crippen molar-refractivity contribution >= 4 is 23.2 Å². The molecule has 0 radical (unpaired) electrons. The van der Waals surface area contributed by atoms with E-state index in [1.807, 2.05) is 19.9 Å². The van der Waals surface area contributed by atoms with Crippen LogP contribution >= 0.6 is 11.6 Å². The maximum absolute atomic E-state index is 12.6. The van der Waals surface area contributed by atoms with E-state index in [2.05, 4.69) is 11.4 Å². The van der Waals surface area contributed by atoms with Crippen LogP contribution in [0.4, 0.5) is 5.69 Å². The summed E-state index contributed by atoms with van der Waals surface area (Å²) in [5, 5.41) is 3.70. The van der Waals surface area contributed by atoms with Gasteiger partial charge in [0, 0.05) is 5.92 Å². The number of piperidine rings is 1. The molecule has 1 saturated carbocycles. The fraction of sp³-hybridized carbons (Fsp3) is 0.632. The first kappa shape index (κ1) is 16.8. The normalized spacial score (nSPS) is 27.3. The Morgan fingerprint density at radius 3 is 2.74 bits per heavy atom. The zero-order valence-corrected chi connectivity index (χ0v) is 15.0. The minimum atomic E-state index is 0.0973. The van der Waals surface area contributed by atoms with Crippen LogP contribution in [0.2, 0.25) is 5.02 Å². The van der Waals surface area contributed by atoms with Crippen LogP contribution in [-0.4, -0.2) is 25.0 Å². The molecule has 3 nitrogen and oxygen atoms in total. The van der Waals surface area contributed by atoms with E-state index in [0.29, 0.717) is 17.6 Å². The van der Waals surface area contributed by atoms with Gasteiger partial charge < -0.3 is 10.2 Å². The zero-order valence-electron chi connectivity index (χ0n) is 14.3. The highest BCUT2D eigenvalue weighted by Crippen LogP contribution is 2.29. The van der Waals surface area contributed by atoms with E-state index in [9.17, 15) is 4.79 Å². The number of benzene rings is 1. The predicted molar refractivity (Wildman–Crippen MR) is 95.2 cm³/mol. The maximum atomic E-state index is 12.6. The number of likely N-dealkylation sites (tertiary alicyclic amines) is 1. The number of fused-ring (bicyclic) bond motifs is 1. The van der Waals surface area contributed by atoms with Crippen molar-refractivity contribution in [3.05, 3.63) is 28.3 Å². The Kier molecular flexibility index (Phi) is 5.27. The Labute approximate surface area is 144 Å². The lowest BCUT2D eigenvalue weighted by Gasteiger charge is -2.40. The Morgan fingerprint density at radius 1 is 1.22 bits per heavy atom. The third-order valence-corrected chi connectivity index (χ3v) is 5.89. The maximum Gasteiger partial charge on any atom is 0.279 e. The molecule has 1 heterocycles. The van der Waals surface area contributed by atoms with Gasteiger partial charge in [0.25, 0.3) is 5.91 Å². The molecule has 1 aromatic rings. The molecular formula is C19H28ClN2O+. The van der Waals surface area contributed by atoms with Crippen LogP contribution in [0.5, 0.6) is 0 Å². The van der Waals surface area contributed by atoms with Gasteiger partial charge in [-0.05, 0) is 63.1 Å². The smallest absolute Gasteiger partial charge is 0.279 e. The number of rotatable bonds is 3. The summed E-state index contributed by atoms with van der Waals surface area (Å²) in [4.78, 5) is 14.0. The molecule has 1 saturated heterocycles. The van der Waals surface area contributed by atoms with Crippen LogP contribution in [0, 0.1) is 19.8 Å². The van der Waals surface area contributed by atoms with Crippen molar-refractivity contribution in [2.24, 2.45) is 5.92 Å². The van der Waals surface area contributed by atoms with Crippen molar-refractivity contribution in [1.29, 1.82) is 0 Å². The molecule has 4 heteroatoms. The molecule has 0 spiro atoms. The average molecular weight is 336 g/mol. The van der Waals surface area contributed by atoms with Gasteiger partial charge in [-0.2, -0.15) is 0 Å². The van der Waals surface area contributed by atoms with Gasteiger partial charge in [-0.25, -0.2) is 0 Å². The average Bonchev–Trinajstić information content (AvgIpc) is 2.51.